The van der Waals surface area contributed by atoms with E-state index in [9.17, 15) is 4.79 Å². The van der Waals surface area contributed by atoms with Gasteiger partial charge in [-0.05, 0) is 44.1 Å². The number of benzene rings is 1. The fourth-order valence-electron chi connectivity index (χ4n) is 3.93. The van der Waals surface area contributed by atoms with Crippen LogP contribution in [0.4, 0.5) is 0 Å². The van der Waals surface area contributed by atoms with Crippen LogP contribution in [0.5, 0.6) is 0 Å². The summed E-state index contributed by atoms with van der Waals surface area (Å²) >= 11 is 0. The minimum absolute atomic E-state index is 0.215. The molecule has 1 saturated heterocycles. The first-order valence-corrected chi connectivity index (χ1v) is 8.77. The van der Waals surface area contributed by atoms with Gasteiger partial charge in [-0.3, -0.25) is 4.79 Å². The van der Waals surface area contributed by atoms with Crippen LogP contribution in [0.2, 0.25) is 0 Å². The van der Waals surface area contributed by atoms with Crippen molar-refractivity contribution in [3.63, 3.8) is 0 Å². The molecule has 1 saturated carbocycles. The summed E-state index contributed by atoms with van der Waals surface area (Å²) in [5.41, 5.74) is 0.883. The number of rotatable bonds is 5. The predicted molar refractivity (Wildman–Crippen MR) is 87.8 cm³/mol. The zero-order valence-electron chi connectivity index (χ0n) is 13.4. The van der Waals surface area contributed by atoms with Crippen LogP contribution in [0.15, 0.2) is 30.3 Å². The molecule has 1 aliphatic heterocycles. The molecule has 22 heavy (non-hydrogen) atoms. The number of hydrogen-bond donors (Lipinski definition) is 1. The van der Waals surface area contributed by atoms with Crippen molar-refractivity contribution >= 4 is 5.91 Å². The molecule has 0 aromatic heterocycles. The first-order valence-electron chi connectivity index (χ1n) is 8.77. The van der Waals surface area contributed by atoms with Gasteiger partial charge in [-0.25, -0.2) is 0 Å². The van der Waals surface area contributed by atoms with Crippen LogP contribution in [-0.2, 0) is 14.9 Å². The Morgan fingerprint density at radius 1 is 1.14 bits per heavy atom. The summed E-state index contributed by atoms with van der Waals surface area (Å²) in [5.74, 6) is 0.215. The van der Waals surface area contributed by atoms with Crippen molar-refractivity contribution in [3.05, 3.63) is 35.9 Å². The van der Waals surface area contributed by atoms with Crippen molar-refractivity contribution in [3.8, 4) is 0 Å². The van der Waals surface area contributed by atoms with Crippen LogP contribution in [-0.4, -0.2) is 25.2 Å². The van der Waals surface area contributed by atoms with Crippen molar-refractivity contribution < 1.29 is 9.53 Å². The van der Waals surface area contributed by atoms with Crippen molar-refractivity contribution in [1.29, 1.82) is 0 Å². The molecule has 1 aliphatic carbocycles. The highest BCUT2D eigenvalue weighted by Crippen LogP contribution is 2.41. The number of carbonyl (C=O) groups excluding carboxylic acids is 1. The minimum atomic E-state index is -0.297. The molecule has 2 aliphatic rings. The zero-order chi connectivity index (χ0) is 15.3. The van der Waals surface area contributed by atoms with Gasteiger partial charge in [0.15, 0.2) is 0 Å². The quantitative estimate of drug-likeness (QED) is 0.903. The smallest absolute Gasteiger partial charge is 0.230 e. The highest BCUT2D eigenvalue weighted by atomic mass is 16.5. The monoisotopic (exact) mass is 301 g/mol. The second-order valence-corrected chi connectivity index (χ2v) is 6.69. The van der Waals surface area contributed by atoms with Gasteiger partial charge in [-0.15, -0.1) is 0 Å². The number of amides is 1. The average Bonchev–Trinajstić information content (AvgIpc) is 3.08. The van der Waals surface area contributed by atoms with E-state index in [4.69, 9.17) is 4.74 Å². The summed E-state index contributed by atoms with van der Waals surface area (Å²) in [6.45, 7) is 1.62. The van der Waals surface area contributed by atoms with E-state index in [2.05, 4.69) is 17.4 Å². The molecular weight excluding hydrogens is 274 g/mol. The first kappa shape index (κ1) is 15.5. The van der Waals surface area contributed by atoms with E-state index in [0.29, 0.717) is 6.10 Å². The lowest BCUT2D eigenvalue weighted by molar-refractivity contribution is -0.126. The number of nitrogens with one attached hydrogen (secondary N) is 1. The Morgan fingerprint density at radius 2 is 1.91 bits per heavy atom. The largest absolute Gasteiger partial charge is 0.378 e. The molecule has 1 atom stereocenters. The van der Waals surface area contributed by atoms with E-state index in [-0.39, 0.29) is 11.3 Å². The van der Waals surface area contributed by atoms with E-state index >= 15 is 0 Å². The standard InChI is InChI=1S/C19H27NO2/c21-18(20-14-11-17-10-4-7-15-22-17)19(12-5-6-13-19)16-8-2-1-3-9-16/h1-3,8-9,17H,4-7,10-15H2,(H,20,21)/t17-/m0/s1. The molecule has 1 aromatic rings. The number of hydrogen-bond acceptors (Lipinski definition) is 2. The van der Waals surface area contributed by atoms with Crippen molar-refractivity contribution in [1.82, 2.24) is 5.32 Å². The maximum atomic E-state index is 12.9. The summed E-state index contributed by atoms with van der Waals surface area (Å²) in [4.78, 5) is 12.9. The molecule has 0 radical (unpaired) electrons. The van der Waals surface area contributed by atoms with Gasteiger partial charge in [0.1, 0.15) is 0 Å². The average molecular weight is 301 g/mol. The third-order valence-corrected chi connectivity index (χ3v) is 5.24. The van der Waals surface area contributed by atoms with Crippen molar-refractivity contribution in [2.75, 3.05) is 13.2 Å². The molecule has 0 spiro atoms. The Balaban J connectivity index is 1.59. The van der Waals surface area contributed by atoms with E-state index in [1.165, 1.54) is 18.4 Å². The second kappa shape index (κ2) is 7.28. The molecular formula is C19H27NO2. The van der Waals surface area contributed by atoms with Crippen LogP contribution in [0.3, 0.4) is 0 Å². The maximum absolute atomic E-state index is 12.9. The topological polar surface area (TPSA) is 38.3 Å². The van der Waals surface area contributed by atoms with Gasteiger partial charge in [0.25, 0.3) is 0 Å². The van der Waals surface area contributed by atoms with E-state index in [1.54, 1.807) is 0 Å². The maximum Gasteiger partial charge on any atom is 0.230 e. The molecule has 1 amide bonds. The molecule has 3 nitrogen and oxygen atoms in total. The summed E-state index contributed by atoms with van der Waals surface area (Å²) in [5, 5.41) is 3.19. The van der Waals surface area contributed by atoms with Gasteiger partial charge in [0, 0.05) is 13.2 Å². The SMILES string of the molecule is O=C(NCC[C@@H]1CCCCO1)C1(c2ccccc2)CCCC1. The van der Waals surface area contributed by atoms with E-state index < -0.39 is 0 Å². The lowest BCUT2D eigenvalue weighted by Gasteiger charge is -2.29. The van der Waals surface area contributed by atoms with Gasteiger partial charge < -0.3 is 10.1 Å². The summed E-state index contributed by atoms with van der Waals surface area (Å²) in [6.07, 6.45) is 9.10. The first-order chi connectivity index (χ1) is 10.8. The van der Waals surface area contributed by atoms with Gasteiger partial charge >= 0.3 is 0 Å². The number of carbonyl (C=O) groups is 1. The lowest BCUT2D eigenvalue weighted by Crippen LogP contribution is -2.43. The molecule has 1 N–H and O–H groups in total. The Labute approximate surface area is 133 Å². The van der Waals surface area contributed by atoms with E-state index in [1.807, 2.05) is 18.2 Å². The Hall–Kier alpha value is -1.35. The van der Waals surface area contributed by atoms with Crippen LogP contribution in [0, 0.1) is 0 Å². The van der Waals surface area contributed by atoms with Crippen LogP contribution >= 0.6 is 0 Å². The second-order valence-electron chi connectivity index (χ2n) is 6.69. The lowest BCUT2D eigenvalue weighted by atomic mass is 9.78. The van der Waals surface area contributed by atoms with Crippen molar-refractivity contribution in [2.45, 2.75) is 62.9 Å². The summed E-state index contributed by atoms with van der Waals surface area (Å²) in [7, 11) is 0. The molecule has 2 fully saturated rings. The third-order valence-electron chi connectivity index (χ3n) is 5.24. The molecule has 1 heterocycles. The Morgan fingerprint density at radius 3 is 2.59 bits per heavy atom. The van der Waals surface area contributed by atoms with E-state index in [0.717, 1.165) is 51.7 Å². The minimum Gasteiger partial charge on any atom is -0.378 e. The Kier molecular flexibility index (Phi) is 5.14. The van der Waals surface area contributed by atoms with Gasteiger partial charge in [-0.2, -0.15) is 0 Å². The molecule has 0 unspecified atom stereocenters. The van der Waals surface area contributed by atoms with Gasteiger partial charge in [0.2, 0.25) is 5.91 Å². The van der Waals surface area contributed by atoms with Crippen LogP contribution in [0.25, 0.3) is 0 Å². The molecule has 120 valence electrons. The molecule has 3 rings (SSSR count). The van der Waals surface area contributed by atoms with Crippen LogP contribution in [0.1, 0.15) is 56.9 Å². The highest BCUT2D eigenvalue weighted by molar-refractivity contribution is 5.88. The summed E-state index contributed by atoms with van der Waals surface area (Å²) in [6, 6.07) is 10.3. The van der Waals surface area contributed by atoms with Crippen molar-refractivity contribution in [2.24, 2.45) is 0 Å². The predicted octanol–water partition coefficient (Wildman–Crippen LogP) is 3.57. The highest BCUT2D eigenvalue weighted by Gasteiger charge is 2.42. The molecule has 0 bridgehead atoms. The number of ether oxygens (including phenoxy) is 1. The van der Waals surface area contributed by atoms with Gasteiger partial charge in [-0.1, -0.05) is 43.2 Å². The molecule has 3 heteroatoms. The van der Waals surface area contributed by atoms with Crippen LogP contribution < -0.4 is 5.32 Å². The fraction of sp³-hybridized carbons (Fsp3) is 0.632. The molecule has 1 aromatic carbocycles. The summed E-state index contributed by atoms with van der Waals surface area (Å²) < 4.78 is 5.74. The zero-order valence-corrected chi connectivity index (χ0v) is 13.4. The van der Waals surface area contributed by atoms with Gasteiger partial charge in [0.05, 0.1) is 11.5 Å². The normalized spacial score (nSPS) is 24.1. The Bertz CT molecular complexity index is 473. The third kappa shape index (κ3) is 3.35. The fourth-order valence-corrected chi connectivity index (χ4v) is 3.93.